The molecule has 3 aromatic rings. The summed E-state index contributed by atoms with van der Waals surface area (Å²) in [7, 11) is 0. The molecule has 0 saturated heterocycles. The molecule has 0 spiro atoms. The number of rotatable bonds is 3. The van der Waals surface area contributed by atoms with E-state index in [9.17, 15) is 0 Å². The lowest BCUT2D eigenvalue weighted by atomic mass is 10.1. The Balaban J connectivity index is 1.82. The van der Waals surface area contributed by atoms with Crippen molar-refractivity contribution in [1.29, 1.82) is 0 Å². The van der Waals surface area contributed by atoms with Gasteiger partial charge in [-0.3, -0.25) is 5.43 Å². The van der Waals surface area contributed by atoms with Gasteiger partial charge in [-0.2, -0.15) is 5.10 Å². The van der Waals surface area contributed by atoms with Crippen LogP contribution >= 0.6 is 11.3 Å². The number of para-hydroxylation sites is 1. The van der Waals surface area contributed by atoms with Crippen LogP contribution in [0.5, 0.6) is 0 Å². The molecule has 100 valence electrons. The van der Waals surface area contributed by atoms with Gasteiger partial charge < -0.3 is 5.73 Å². The summed E-state index contributed by atoms with van der Waals surface area (Å²) in [4.78, 5) is 4.47. The zero-order valence-corrected chi connectivity index (χ0v) is 11.8. The molecule has 0 radical (unpaired) electrons. The van der Waals surface area contributed by atoms with Crippen LogP contribution in [-0.4, -0.2) is 10.7 Å². The summed E-state index contributed by atoms with van der Waals surface area (Å²) in [5.41, 5.74) is 12.4. The summed E-state index contributed by atoms with van der Waals surface area (Å²) in [6.45, 7) is 1.94. The van der Waals surface area contributed by atoms with Crippen LogP contribution in [0.15, 0.2) is 53.6 Å². The van der Waals surface area contributed by atoms with Crippen molar-refractivity contribution in [3.8, 4) is 0 Å². The Kier molecular flexibility index (Phi) is 3.35. The van der Waals surface area contributed by atoms with Crippen LogP contribution in [0.25, 0.3) is 10.2 Å². The summed E-state index contributed by atoms with van der Waals surface area (Å²) in [5, 5.41) is 5.15. The normalized spacial score (nSPS) is 11.8. The van der Waals surface area contributed by atoms with E-state index >= 15 is 0 Å². The summed E-state index contributed by atoms with van der Waals surface area (Å²) in [5.74, 6) is 0. The van der Waals surface area contributed by atoms with E-state index in [2.05, 4.69) is 15.5 Å². The maximum Gasteiger partial charge on any atom is 0.204 e. The number of nitrogens with two attached hydrogens (primary N) is 1. The van der Waals surface area contributed by atoms with Gasteiger partial charge in [0.15, 0.2) is 0 Å². The Morgan fingerprint density at radius 3 is 2.85 bits per heavy atom. The van der Waals surface area contributed by atoms with Crippen molar-refractivity contribution in [1.82, 2.24) is 4.98 Å². The minimum Gasteiger partial charge on any atom is -0.399 e. The van der Waals surface area contributed by atoms with Gasteiger partial charge in [0.05, 0.1) is 15.9 Å². The maximum atomic E-state index is 5.77. The molecule has 3 N–H and O–H groups in total. The van der Waals surface area contributed by atoms with Crippen molar-refractivity contribution in [3.63, 3.8) is 0 Å². The molecule has 1 heterocycles. The van der Waals surface area contributed by atoms with E-state index in [1.54, 1.807) is 11.3 Å². The molecule has 2 aromatic carbocycles. The molecule has 5 heteroatoms. The molecule has 0 bridgehead atoms. The number of hydrazone groups is 1. The zero-order valence-electron chi connectivity index (χ0n) is 11.0. The minimum atomic E-state index is 0.733. The number of nitrogens with one attached hydrogen (secondary N) is 1. The van der Waals surface area contributed by atoms with E-state index in [0.717, 1.165) is 32.3 Å². The van der Waals surface area contributed by atoms with Crippen molar-refractivity contribution < 1.29 is 0 Å². The first-order valence-corrected chi connectivity index (χ1v) is 7.06. The second-order valence-corrected chi connectivity index (χ2v) is 5.45. The fourth-order valence-electron chi connectivity index (χ4n) is 1.88. The first-order chi connectivity index (χ1) is 9.72. The molecule has 1 aromatic heterocycles. The second kappa shape index (κ2) is 5.30. The number of fused-ring (bicyclic) bond motifs is 1. The van der Waals surface area contributed by atoms with Crippen molar-refractivity contribution in [2.75, 3.05) is 11.2 Å². The number of hydrogen-bond acceptors (Lipinski definition) is 5. The predicted molar refractivity (Wildman–Crippen MR) is 86.3 cm³/mol. The molecule has 0 unspecified atom stereocenters. The van der Waals surface area contributed by atoms with Crippen molar-refractivity contribution in [3.05, 3.63) is 54.1 Å². The molecule has 4 nitrogen and oxygen atoms in total. The Bertz CT molecular complexity index is 743. The Morgan fingerprint density at radius 2 is 2.05 bits per heavy atom. The highest BCUT2D eigenvalue weighted by atomic mass is 32.1. The standard InChI is InChI=1S/C15H14N4S/c1-10(11-5-4-6-12(16)9-11)18-19-15-17-13-7-2-3-8-14(13)20-15/h2-9H,16H2,1H3,(H,17,19)/b18-10-. The second-order valence-electron chi connectivity index (χ2n) is 4.42. The number of nitrogen functional groups attached to an aromatic ring is 1. The van der Waals surface area contributed by atoms with Gasteiger partial charge in [-0.05, 0) is 36.8 Å². The number of anilines is 2. The summed E-state index contributed by atoms with van der Waals surface area (Å²) in [6, 6.07) is 15.7. The quantitative estimate of drug-likeness (QED) is 0.437. The number of benzene rings is 2. The molecule has 20 heavy (non-hydrogen) atoms. The Hall–Kier alpha value is -2.40. The van der Waals surface area contributed by atoms with Gasteiger partial charge >= 0.3 is 0 Å². The highest BCUT2D eigenvalue weighted by molar-refractivity contribution is 7.22. The van der Waals surface area contributed by atoms with Crippen LogP contribution in [0.1, 0.15) is 12.5 Å². The zero-order chi connectivity index (χ0) is 13.9. The molecular weight excluding hydrogens is 268 g/mol. The smallest absolute Gasteiger partial charge is 0.204 e. The molecule has 0 atom stereocenters. The van der Waals surface area contributed by atoms with Crippen LogP contribution in [-0.2, 0) is 0 Å². The van der Waals surface area contributed by atoms with Gasteiger partial charge in [0.1, 0.15) is 0 Å². The van der Waals surface area contributed by atoms with Gasteiger partial charge in [-0.15, -0.1) is 0 Å². The molecule has 0 fully saturated rings. The van der Waals surface area contributed by atoms with Crippen LogP contribution in [0, 0.1) is 0 Å². The van der Waals surface area contributed by atoms with Crippen LogP contribution in [0.2, 0.25) is 0 Å². The lowest BCUT2D eigenvalue weighted by molar-refractivity contribution is 1.29. The van der Waals surface area contributed by atoms with E-state index in [-0.39, 0.29) is 0 Å². The van der Waals surface area contributed by atoms with E-state index in [1.807, 2.05) is 55.5 Å². The van der Waals surface area contributed by atoms with Crippen molar-refractivity contribution in [2.24, 2.45) is 5.10 Å². The molecule has 3 rings (SSSR count). The highest BCUT2D eigenvalue weighted by Gasteiger charge is 2.02. The van der Waals surface area contributed by atoms with Gasteiger partial charge in [0, 0.05) is 5.69 Å². The molecule has 0 aliphatic rings. The van der Waals surface area contributed by atoms with Crippen molar-refractivity contribution in [2.45, 2.75) is 6.92 Å². The third-order valence-corrected chi connectivity index (χ3v) is 3.86. The molecular formula is C15H14N4S. The van der Waals surface area contributed by atoms with E-state index in [0.29, 0.717) is 0 Å². The highest BCUT2D eigenvalue weighted by Crippen LogP contribution is 2.25. The van der Waals surface area contributed by atoms with Gasteiger partial charge in [-0.1, -0.05) is 35.6 Å². The van der Waals surface area contributed by atoms with E-state index < -0.39 is 0 Å². The SMILES string of the molecule is C/C(=N/Nc1nc2ccccc2s1)c1cccc(N)c1. The topological polar surface area (TPSA) is 63.3 Å². The molecule has 0 amide bonds. The molecule has 0 aliphatic carbocycles. The van der Waals surface area contributed by atoms with Crippen molar-refractivity contribution >= 4 is 38.1 Å². The average molecular weight is 282 g/mol. The predicted octanol–water partition coefficient (Wildman–Crippen LogP) is 3.71. The third-order valence-electron chi connectivity index (χ3n) is 2.92. The van der Waals surface area contributed by atoms with Gasteiger partial charge in [-0.25, -0.2) is 4.98 Å². The summed E-state index contributed by atoms with van der Waals surface area (Å²) in [6.07, 6.45) is 0. The van der Waals surface area contributed by atoms with E-state index in [1.165, 1.54) is 0 Å². The lowest BCUT2D eigenvalue weighted by Crippen LogP contribution is -2.00. The number of aromatic nitrogens is 1. The maximum absolute atomic E-state index is 5.77. The van der Waals surface area contributed by atoms with E-state index in [4.69, 9.17) is 5.73 Å². The average Bonchev–Trinajstić information content (AvgIpc) is 2.87. The largest absolute Gasteiger partial charge is 0.399 e. The van der Waals surface area contributed by atoms with Crippen LogP contribution < -0.4 is 11.2 Å². The monoisotopic (exact) mass is 282 g/mol. The number of thiazole rings is 1. The number of nitrogens with zero attached hydrogens (tertiary/aromatic N) is 2. The Labute approximate surface area is 121 Å². The van der Waals surface area contributed by atoms with Gasteiger partial charge in [0.25, 0.3) is 0 Å². The van der Waals surface area contributed by atoms with Crippen LogP contribution in [0.3, 0.4) is 0 Å². The summed E-state index contributed by atoms with van der Waals surface area (Å²) >= 11 is 1.58. The van der Waals surface area contributed by atoms with Crippen LogP contribution in [0.4, 0.5) is 10.8 Å². The summed E-state index contributed by atoms with van der Waals surface area (Å²) < 4.78 is 1.15. The fourth-order valence-corrected chi connectivity index (χ4v) is 2.69. The third kappa shape index (κ3) is 2.62. The first-order valence-electron chi connectivity index (χ1n) is 6.24. The molecule has 0 saturated carbocycles. The lowest BCUT2D eigenvalue weighted by Gasteiger charge is -2.02. The first kappa shape index (κ1) is 12.6. The Morgan fingerprint density at radius 1 is 1.20 bits per heavy atom. The molecule has 0 aliphatic heterocycles. The minimum absolute atomic E-state index is 0.733. The number of hydrogen-bond donors (Lipinski definition) is 2. The van der Waals surface area contributed by atoms with Gasteiger partial charge in [0.2, 0.25) is 5.13 Å². The fraction of sp³-hybridized carbons (Fsp3) is 0.0667.